The van der Waals surface area contributed by atoms with Crippen LogP contribution in [-0.4, -0.2) is 71.9 Å². The minimum atomic E-state index is -0.225. The van der Waals surface area contributed by atoms with E-state index in [2.05, 4.69) is 47.8 Å². The first-order chi connectivity index (χ1) is 19.5. The first-order valence-electron chi connectivity index (χ1n) is 14.2. The molecule has 0 spiro atoms. The molecule has 206 valence electrons. The number of guanidine groups is 1. The predicted molar refractivity (Wildman–Crippen MR) is 156 cm³/mol. The van der Waals surface area contributed by atoms with Crippen LogP contribution in [0.3, 0.4) is 0 Å². The number of aromatic amines is 1. The summed E-state index contributed by atoms with van der Waals surface area (Å²) in [6, 6.07) is 9.99. The highest BCUT2D eigenvalue weighted by Crippen LogP contribution is 2.44. The average molecular weight is 539 g/mol. The van der Waals surface area contributed by atoms with Gasteiger partial charge in [0.1, 0.15) is 11.3 Å². The van der Waals surface area contributed by atoms with Crippen LogP contribution in [0.2, 0.25) is 0 Å². The fraction of sp³-hybridized carbons (Fsp3) is 0.400. The summed E-state index contributed by atoms with van der Waals surface area (Å²) in [6.45, 7) is 4.03. The van der Waals surface area contributed by atoms with Gasteiger partial charge in [-0.2, -0.15) is 0 Å². The molecule has 1 aromatic carbocycles. The van der Waals surface area contributed by atoms with Crippen LogP contribution in [0.25, 0.3) is 17.1 Å². The van der Waals surface area contributed by atoms with E-state index in [1.54, 1.807) is 18.5 Å². The lowest BCUT2D eigenvalue weighted by Crippen LogP contribution is -2.44. The SMILES string of the molecule is CN1CCN(c2ccc(C(=O)Nc3cnc4[nH]cc(/C=C5/N=C(NC6CC7CCC6C7)NC5=O)c4c3)cc2)CC1. The number of aromatic nitrogens is 2. The maximum absolute atomic E-state index is 13.0. The summed E-state index contributed by atoms with van der Waals surface area (Å²) in [4.78, 5) is 42.5. The molecular formula is C30H34N8O2. The molecule has 3 atom stereocenters. The van der Waals surface area contributed by atoms with Crippen molar-refractivity contribution in [3.63, 3.8) is 0 Å². The topological polar surface area (TPSA) is 118 Å². The fourth-order valence-corrected chi connectivity index (χ4v) is 6.58. The van der Waals surface area contributed by atoms with Crippen LogP contribution in [0.15, 0.2) is 53.4 Å². The van der Waals surface area contributed by atoms with E-state index in [0.29, 0.717) is 40.5 Å². The minimum Gasteiger partial charge on any atom is -0.369 e. The summed E-state index contributed by atoms with van der Waals surface area (Å²) in [5, 5.41) is 10.1. The normalized spacial score (nSPS) is 25.5. The van der Waals surface area contributed by atoms with Gasteiger partial charge in [0.05, 0.1) is 11.9 Å². The van der Waals surface area contributed by atoms with Crippen molar-refractivity contribution in [2.24, 2.45) is 16.8 Å². The number of carbonyl (C=O) groups is 2. The van der Waals surface area contributed by atoms with E-state index in [4.69, 9.17) is 0 Å². The summed E-state index contributed by atoms with van der Waals surface area (Å²) in [5.74, 6) is 1.61. The number of hydrogen-bond donors (Lipinski definition) is 4. The Bertz CT molecular complexity index is 1520. The third-order valence-corrected chi connectivity index (χ3v) is 8.87. The van der Waals surface area contributed by atoms with Gasteiger partial charge in [0.2, 0.25) is 5.96 Å². The highest BCUT2D eigenvalue weighted by Gasteiger charge is 2.40. The molecule has 0 radical (unpaired) electrons. The molecule has 2 aliphatic carbocycles. The van der Waals surface area contributed by atoms with Gasteiger partial charge in [-0.3, -0.25) is 14.9 Å². The molecule has 4 heterocycles. The number of likely N-dealkylation sites (N-methyl/N-ethyl adjacent to an activating group) is 1. The Hall–Kier alpha value is -4.18. The van der Waals surface area contributed by atoms with Crippen LogP contribution >= 0.6 is 0 Å². The quantitative estimate of drug-likeness (QED) is 0.371. The molecule has 10 nitrogen and oxygen atoms in total. The Kier molecular flexibility index (Phi) is 6.27. The van der Waals surface area contributed by atoms with Gasteiger partial charge in [0.15, 0.2) is 0 Å². The lowest BCUT2D eigenvalue weighted by atomic mass is 9.95. The van der Waals surface area contributed by atoms with E-state index < -0.39 is 0 Å². The fourth-order valence-electron chi connectivity index (χ4n) is 6.58. The highest BCUT2D eigenvalue weighted by atomic mass is 16.2. The number of rotatable bonds is 5. The Morgan fingerprint density at radius 3 is 2.67 bits per heavy atom. The van der Waals surface area contributed by atoms with Gasteiger partial charge in [0.25, 0.3) is 11.8 Å². The molecule has 2 amide bonds. The molecule has 4 aliphatic rings. The van der Waals surface area contributed by atoms with Gasteiger partial charge in [-0.15, -0.1) is 0 Å². The lowest BCUT2D eigenvalue weighted by Gasteiger charge is -2.34. The van der Waals surface area contributed by atoms with Crippen LogP contribution in [0.5, 0.6) is 0 Å². The number of piperazine rings is 1. The summed E-state index contributed by atoms with van der Waals surface area (Å²) >= 11 is 0. The van der Waals surface area contributed by atoms with E-state index in [1.807, 2.05) is 30.3 Å². The van der Waals surface area contributed by atoms with Crippen molar-refractivity contribution in [2.75, 3.05) is 43.4 Å². The number of anilines is 2. The number of aliphatic imine (C=N–C) groups is 1. The highest BCUT2D eigenvalue weighted by molar-refractivity contribution is 6.14. The Morgan fingerprint density at radius 2 is 1.93 bits per heavy atom. The number of pyridine rings is 1. The first-order valence-corrected chi connectivity index (χ1v) is 14.2. The predicted octanol–water partition coefficient (Wildman–Crippen LogP) is 3.17. The second kappa shape index (κ2) is 10.1. The lowest BCUT2D eigenvalue weighted by molar-refractivity contribution is -0.115. The molecule has 4 N–H and O–H groups in total. The zero-order valence-corrected chi connectivity index (χ0v) is 22.6. The molecule has 3 unspecified atom stereocenters. The third-order valence-electron chi connectivity index (χ3n) is 8.87. The number of amides is 2. The molecule has 40 heavy (non-hydrogen) atoms. The molecular weight excluding hydrogens is 504 g/mol. The van der Waals surface area contributed by atoms with E-state index in [0.717, 1.165) is 55.2 Å². The zero-order valence-electron chi connectivity index (χ0n) is 22.6. The average Bonchev–Trinajstić information content (AvgIpc) is 3.75. The second-order valence-electron chi connectivity index (χ2n) is 11.5. The molecule has 2 saturated carbocycles. The van der Waals surface area contributed by atoms with Gasteiger partial charge in [-0.25, -0.2) is 9.98 Å². The van der Waals surface area contributed by atoms with Crippen molar-refractivity contribution in [1.29, 1.82) is 0 Å². The molecule has 3 aromatic rings. The monoisotopic (exact) mass is 538 g/mol. The van der Waals surface area contributed by atoms with Crippen LogP contribution in [0.4, 0.5) is 11.4 Å². The molecule has 10 heteroatoms. The molecule has 2 bridgehead atoms. The number of H-pyrrole nitrogens is 1. The Labute approximate surface area is 232 Å². The van der Waals surface area contributed by atoms with Crippen molar-refractivity contribution in [1.82, 2.24) is 25.5 Å². The van der Waals surface area contributed by atoms with Crippen LogP contribution < -0.4 is 20.9 Å². The molecule has 2 aromatic heterocycles. The zero-order chi connectivity index (χ0) is 27.2. The largest absolute Gasteiger partial charge is 0.369 e. The number of benzene rings is 1. The minimum absolute atomic E-state index is 0.197. The Morgan fingerprint density at radius 1 is 1.10 bits per heavy atom. The van der Waals surface area contributed by atoms with Gasteiger partial charge in [-0.1, -0.05) is 6.42 Å². The summed E-state index contributed by atoms with van der Waals surface area (Å²) in [7, 11) is 2.14. The number of nitrogens with one attached hydrogen (secondary N) is 4. The van der Waals surface area contributed by atoms with Gasteiger partial charge >= 0.3 is 0 Å². The summed E-state index contributed by atoms with van der Waals surface area (Å²) < 4.78 is 0. The Balaban J connectivity index is 1.05. The van der Waals surface area contributed by atoms with Crippen molar-refractivity contribution in [2.45, 2.75) is 31.7 Å². The molecule has 3 fully saturated rings. The summed E-state index contributed by atoms with van der Waals surface area (Å²) in [5.41, 5.74) is 4.10. The van der Waals surface area contributed by atoms with Gasteiger partial charge in [-0.05, 0) is 74.6 Å². The van der Waals surface area contributed by atoms with Crippen molar-refractivity contribution in [3.8, 4) is 0 Å². The first kappa shape index (κ1) is 24.8. The standard InChI is InChI=1S/C30H34N8O2/c1-37-8-10-38(11-9-37)23-6-4-19(5-7-23)28(39)33-22-15-24-21(16-31-27(24)32-17-22)14-26-29(40)36-30(35-26)34-25-13-18-2-3-20(25)12-18/h4-7,14-18,20,25H,2-3,8-13H2,1H3,(H,31,32)(H,33,39)(H2,34,35,36,40)/b26-14+. The van der Waals surface area contributed by atoms with Crippen LogP contribution in [-0.2, 0) is 4.79 Å². The van der Waals surface area contributed by atoms with Crippen molar-refractivity contribution in [3.05, 3.63) is 59.5 Å². The number of fused-ring (bicyclic) bond motifs is 3. The van der Waals surface area contributed by atoms with E-state index in [-0.39, 0.29) is 11.8 Å². The molecule has 7 rings (SSSR count). The van der Waals surface area contributed by atoms with E-state index >= 15 is 0 Å². The van der Waals surface area contributed by atoms with Crippen molar-refractivity contribution >= 4 is 46.3 Å². The van der Waals surface area contributed by atoms with Gasteiger partial charge in [0, 0.05) is 60.6 Å². The second-order valence-corrected chi connectivity index (χ2v) is 11.5. The number of carbonyl (C=O) groups excluding carboxylic acids is 2. The third kappa shape index (κ3) is 4.83. The maximum atomic E-state index is 13.0. The summed E-state index contributed by atoms with van der Waals surface area (Å²) in [6.07, 6.45) is 10.2. The smallest absolute Gasteiger partial charge is 0.276 e. The van der Waals surface area contributed by atoms with E-state index in [1.165, 1.54) is 19.3 Å². The number of hydrogen-bond acceptors (Lipinski definition) is 7. The maximum Gasteiger partial charge on any atom is 0.276 e. The van der Waals surface area contributed by atoms with Gasteiger partial charge < -0.3 is 25.4 Å². The van der Waals surface area contributed by atoms with Crippen molar-refractivity contribution < 1.29 is 9.59 Å². The molecule has 2 aliphatic heterocycles. The van der Waals surface area contributed by atoms with Crippen LogP contribution in [0, 0.1) is 11.8 Å². The number of nitrogens with zero attached hydrogens (tertiary/aromatic N) is 4. The molecule has 1 saturated heterocycles. The van der Waals surface area contributed by atoms with E-state index in [9.17, 15) is 9.59 Å². The van der Waals surface area contributed by atoms with Crippen LogP contribution in [0.1, 0.15) is 41.6 Å².